The number of aryl methyl sites for hydroxylation is 1. The summed E-state index contributed by atoms with van der Waals surface area (Å²) >= 11 is 0. The summed E-state index contributed by atoms with van der Waals surface area (Å²) in [5, 5.41) is 6.58. The van der Waals surface area contributed by atoms with E-state index in [1.54, 1.807) is 19.1 Å². The molecule has 1 aromatic heterocycles. The van der Waals surface area contributed by atoms with E-state index in [4.69, 9.17) is 14.0 Å². The Morgan fingerprint density at radius 3 is 3.04 bits per heavy atom. The number of aromatic nitrogens is 1. The highest BCUT2D eigenvalue weighted by molar-refractivity contribution is 5.93. The zero-order valence-electron chi connectivity index (χ0n) is 13.4. The van der Waals surface area contributed by atoms with E-state index in [1.807, 2.05) is 0 Å². The quantitative estimate of drug-likeness (QED) is 0.879. The van der Waals surface area contributed by atoms with Crippen LogP contribution in [0.4, 0.5) is 4.39 Å². The Morgan fingerprint density at radius 2 is 2.29 bits per heavy atom. The topological polar surface area (TPSA) is 73.6 Å². The highest BCUT2D eigenvalue weighted by Crippen LogP contribution is 2.20. The van der Waals surface area contributed by atoms with Gasteiger partial charge in [-0.25, -0.2) is 4.39 Å². The first kappa shape index (κ1) is 16.4. The van der Waals surface area contributed by atoms with Crippen molar-refractivity contribution in [3.8, 4) is 5.75 Å². The summed E-state index contributed by atoms with van der Waals surface area (Å²) in [7, 11) is 0. The second-order valence-electron chi connectivity index (χ2n) is 5.63. The first-order valence-corrected chi connectivity index (χ1v) is 7.87. The minimum atomic E-state index is -0.462. The highest BCUT2D eigenvalue weighted by Gasteiger charge is 2.22. The van der Waals surface area contributed by atoms with Gasteiger partial charge < -0.3 is 19.3 Å². The SMILES string of the molecule is Cc1onc(C(=O)NCC2CCCO2)c1COc1ccccc1F. The Balaban J connectivity index is 1.64. The third-order valence-corrected chi connectivity index (χ3v) is 3.92. The van der Waals surface area contributed by atoms with Crippen LogP contribution in [0.2, 0.25) is 0 Å². The molecule has 0 bridgehead atoms. The van der Waals surface area contributed by atoms with E-state index < -0.39 is 5.82 Å². The number of carbonyl (C=O) groups excluding carboxylic acids is 1. The van der Waals surface area contributed by atoms with E-state index in [1.165, 1.54) is 12.1 Å². The largest absolute Gasteiger partial charge is 0.486 e. The number of carbonyl (C=O) groups is 1. The third kappa shape index (κ3) is 3.73. The predicted octanol–water partition coefficient (Wildman–Crippen LogP) is 2.61. The van der Waals surface area contributed by atoms with Crippen LogP contribution < -0.4 is 10.1 Å². The summed E-state index contributed by atoms with van der Waals surface area (Å²) in [5.41, 5.74) is 0.657. The Hall–Kier alpha value is -2.41. The van der Waals surface area contributed by atoms with Crippen LogP contribution in [-0.2, 0) is 11.3 Å². The minimum Gasteiger partial charge on any atom is -0.486 e. The Morgan fingerprint density at radius 1 is 1.46 bits per heavy atom. The lowest BCUT2D eigenvalue weighted by molar-refractivity contribution is 0.0848. The first-order valence-electron chi connectivity index (χ1n) is 7.87. The van der Waals surface area contributed by atoms with Crippen molar-refractivity contribution in [3.05, 3.63) is 47.1 Å². The van der Waals surface area contributed by atoms with Gasteiger partial charge in [-0.3, -0.25) is 4.79 Å². The molecule has 1 amide bonds. The van der Waals surface area contributed by atoms with Crippen LogP contribution in [0.25, 0.3) is 0 Å². The summed E-state index contributed by atoms with van der Waals surface area (Å²) < 4.78 is 29.6. The van der Waals surface area contributed by atoms with Crippen LogP contribution in [-0.4, -0.2) is 30.3 Å². The number of nitrogens with one attached hydrogen (secondary N) is 1. The van der Waals surface area contributed by atoms with Crippen molar-refractivity contribution in [2.45, 2.75) is 32.5 Å². The molecular formula is C17H19FN2O4. The van der Waals surface area contributed by atoms with E-state index in [9.17, 15) is 9.18 Å². The molecule has 1 aliphatic heterocycles. The average molecular weight is 334 g/mol. The Bertz CT molecular complexity index is 710. The van der Waals surface area contributed by atoms with Gasteiger partial charge in [-0.05, 0) is 31.9 Å². The molecule has 1 saturated heterocycles. The molecule has 1 atom stereocenters. The summed E-state index contributed by atoms with van der Waals surface area (Å²) in [6.45, 7) is 2.84. The monoisotopic (exact) mass is 334 g/mol. The standard InChI is InChI=1S/C17H19FN2O4/c1-11-13(10-23-15-7-3-2-6-14(15)18)16(20-24-11)17(21)19-9-12-5-4-8-22-12/h2-3,6-7,12H,4-5,8-10H2,1H3,(H,19,21). The molecule has 7 heteroatoms. The summed E-state index contributed by atoms with van der Waals surface area (Å²) in [6, 6.07) is 6.09. The number of para-hydroxylation sites is 1. The number of ether oxygens (including phenoxy) is 2. The second-order valence-corrected chi connectivity index (χ2v) is 5.63. The highest BCUT2D eigenvalue weighted by atomic mass is 19.1. The molecule has 0 aliphatic carbocycles. The van der Waals surface area contributed by atoms with E-state index >= 15 is 0 Å². The second kappa shape index (κ2) is 7.44. The number of amides is 1. The van der Waals surface area contributed by atoms with Gasteiger partial charge in [0.1, 0.15) is 12.4 Å². The molecule has 6 nitrogen and oxygen atoms in total. The van der Waals surface area contributed by atoms with Crippen molar-refractivity contribution in [2.24, 2.45) is 0 Å². The molecule has 24 heavy (non-hydrogen) atoms. The maximum atomic E-state index is 13.6. The van der Waals surface area contributed by atoms with Crippen LogP contribution in [0.15, 0.2) is 28.8 Å². The molecule has 0 spiro atoms. The maximum absolute atomic E-state index is 13.6. The summed E-state index contributed by atoms with van der Waals surface area (Å²) in [6.07, 6.45) is 1.98. The van der Waals surface area contributed by atoms with Crippen molar-refractivity contribution < 1.29 is 23.2 Å². The molecule has 1 unspecified atom stereocenters. The lowest BCUT2D eigenvalue weighted by Gasteiger charge is -2.10. The molecule has 1 fully saturated rings. The van der Waals surface area contributed by atoms with Crippen LogP contribution in [0.5, 0.6) is 5.75 Å². The van der Waals surface area contributed by atoms with E-state index in [2.05, 4.69) is 10.5 Å². The molecule has 1 aliphatic rings. The lowest BCUT2D eigenvalue weighted by Crippen LogP contribution is -2.32. The Labute approximate surface area is 138 Å². The fraction of sp³-hybridized carbons (Fsp3) is 0.412. The van der Waals surface area contributed by atoms with Crippen LogP contribution >= 0.6 is 0 Å². The minimum absolute atomic E-state index is 0.00104. The van der Waals surface area contributed by atoms with Crippen LogP contribution in [0, 0.1) is 12.7 Å². The molecule has 2 aromatic rings. The molecule has 0 radical (unpaired) electrons. The zero-order chi connectivity index (χ0) is 16.9. The third-order valence-electron chi connectivity index (χ3n) is 3.92. The predicted molar refractivity (Wildman–Crippen MR) is 83.3 cm³/mol. The lowest BCUT2D eigenvalue weighted by atomic mass is 10.2. The number of rotatable bonds is 6. The molecule has 0 saturated carbocycles. The van der Waals surface area contributed by atoms with Gasteiger partial charge in [0.2, 0.25) is 0 Å². The van der Waals surface area contributed by atoms with Crippen molar-refractivity contribution in [2.75, 3.05) is 13.2 Å². The molecule has 1 N–H and O–H groups in total. The van der Waals surface area contributed by atoms with Crippen molar-refractivity contribution in [1.29, 1.82) is 0 Å². The Kier molecular flexibility index (Phi) is 5.10. The van der Waals surface area contributed by atoms with Gasteiger partial charge in [0.25, 0.3) is 5.91 Å². The zero-order valence-corrected chi connectivity index (χ0v) is 13.4. The molecule has 2 heterocycles. The smallest absolute Gasteiger partial charge is 0.273 e. The summed E-state index contributed by atoms with van der Waals surface area (Å²) in [5.74, 6) is -0.233. The number of benzene rings is 1. The van der Waals surface area contributed by atoms with Gasteiger partial charge in [-0.1, -0.05) is 17.3 Å². The summed E-state index contributed by atoms with van der Waals surface area (Å²) in [4.78, 5) is 12.3. The number of hydrogen-bond donors (Lipinski definition) is 1. The van der Waals surface area contributed by atoms with Gasteiger partial charge >= 0.3 is 0 Å². The fourth-order valence-electron chi connectivity index (χ4n) is 2.55. The maximum Gasteiger partial charge on any atom is 0.273 e. The van der Waals surface area contributed by atoms with E-state index in [0.717, 1.165) is 19.4 Å². The van der Waals surface area contributed by atoms with Crippen LogP contribution in [0.1, 0.15) is 34.7 Å². The van der Waals surface area contributed by atoms with E-state index in [0.29, 0.717) is 17.9 Å². The van der Waals surface area contributed by atoms with Gasteiger partial charge in [0.15, 0.2) is 17.3 Å². The van der Waals surface area contributed by atoms with Crippen molar-refractivity contribution in [3.63, 3.8) is 0 Å². The average Bonchev–Trinajstić information content (AvgIpc) is 3.22. The number of nitrogens with zero attached hydrogens (tertiary/aromatic N) is 1. The molecule has 3 rings (SSSR count). The molecule has 128 valence electrons. The van der Waals surface area contributed by atoms with Crippen LogP contribution in [0.3, 0.4) is 0 Å². The van der Waals surface area contributed by atoms with Gasteiger partial charge in [-0.15, -0.1) is 0 Å². The number of halogens is 1. The van der Waals surface area contributed by atoms with Crippen molar-refractivity contribution >= 4 is 5.91 Å². The number of hydrogen-bond acceptors (Lipinski definition) is 5. The first-order chi connectivity index (χ1) is 11.6. The fourth-order valence-corrected chi connectivity index (χ4v) is 2.55. The van der Waals surface area contributed by atoms with Gasteiger partial charge in [0.05, 0.1) is 11.7 Å². The molecular weight excluding hydrogens is 315 g/mol. The van der Waals surface area contributed by atoms with E-state index in [-0.39, 0.29) is 30.1 Å². The molecule has 1 aromatic carbocycles. The normalized spacial score (nSPS) is 17.0. The van der Waals surface area contributed by atoms with Gasteiger partial charge in [-0.2, -0.15) is 0 Å². The van der Waals surface area contributed by atoms with Gasteiger partial charge in [0, 0.05) is 13.2 Å². The van der Waals surface area contributed by atoms with Crippen molar-refractivity contribution in [1.82, 2.24) is 10.5 Å².